The van der Waals surface area contributed by atoms with Crippen LogP contribution in [0.5, 0.6) is 0 Å². The maximum atomic E-state index is 14.8. The summed E-state index contributed by atoms with van der Waals surface area (Å²) in [5.74, 6) is 1.58. The summed E-state index contributed by atoms with van der Waals surface area (Å²) in [6, 6.07) is 5.51. The number of likely N-dealkylation sites (tertiary alicyclic amines) is 2. The summed E-state index contributed by atoms with van der Waals surface area (Å²) < 4.78 is 22.0. The predicted molar refractivity (Wildman–Crippen MR) is 135 cm³/mol. The van der Waals surface area contributed by atoms with Gasteiger partial charge in [0.1, 0.15) is 17.9 Å². The van der Waals surface area contributed by atoms with Crippen LogP contribution in [0.2, 0.25) is 0 Å². The maximum Gasteiger partial charge on any atom is 0.291 e. The van der Waals surface area contributed by atoms with Crippen molar-refractivity contribution in [1.29, 1.82) is 0 Å². The number of nitrogens with zero attached hydrogens (tertiary/aromatic N) is 6. The van der Waals surface area contributed by atoms with Crippen LogP contribution in [0.1, 0.15) is 69.4 Å². The van der Waals surface area contributed by atoms with Gasteiger partial charge in [0.2, 0.25) is 11.8 Å². The molecule has 1 N–H and O–H groups in total. The number of carbonyl (C=O) groups is 1. The highest BCUT2D eigenvalue weighted by Gasteiger charge is 2.44. The summed E-state index contributed by atoms with van der Waals surface area (Å²) in [6.45, 7) is 7.07. The summed E-state index contributed by atoms with van der Waals surface area (Å²) in [4.78, 5) is 21.3. The van der Waals surface area contributed by atoms with Gasteiger partial charge in [-0.15, -0.1) is 0 Å². The molecule has 9 nitrogen and oxygen atoms in total. The fourth-order valence-corrected chi connectivity index (χ4v) is 6.95. The van der Waals surface area contributed by atoms with E-state index in [0.29, 0.717) is 29.3 Å². The van der Waals surface area contributed by atoms with E-state index >= 15 is 0 Å². The molecule has 0 spiro atoms. The molecule has 2 bridgehead atoms. The highest BCUT2D eigenvalue weighted by molar-refractivity contribution is 5.84. The Labute approximate surface area is 215 Å². The van der Waals surface area contributed by atoms with Gasteiger partial charge in [-0.05, 0) is 67.7 Å². The molecule has 4 heterocycles. The molecule has 6 rings (SSSR count). The number of piperidine rings is 2. The monoisotopic (exact) mass is 510 g/mol. The zero-order chi connectivity index (χ0) is 25.7. The molecule has 3 atom stereocenters. The van der Waals surface area contributed by atoms with Gasteiger partial charge in [-0.25, -0.2) is 4.39 Å². The van der Waals surface area contributed by atoms with Crippen LogP contribution < -0.4 is 0 Å². The molecule has 10 heteroatoms. The van der Waals surface area contributed by atoms with Gasteiger partial charge >= 0.3 is 0 Å². The van der Waals surface area contributed by atoms with Crippen LogP contribution in [0.3, 0.4) is 0 Å². The Morgan fingerprint density at radius 1 is 1.16 bits per heavy atom. The summed E-state index contributed by atoms with van der Waals surface area (Å²) in [5, 5.41) is 18.9. The van der Waals surface area contributed by atoms with Gasteiger partial charge in [-0.1, -0.05) is 32.4 Å². The lowest BCUT2D eigenvalue weighted by Gasteiger charge is -2.52. The van der Waals surface area contributed by atoms with Gasteiger partial charge in [0.15, 0.2) is 0 Å². The number of hydrogen-bond acceptors (Lipinski definition) is 7. The van der Waals surface area contributed by atoms with Crippen LogP contribution >= 0.6 is 0 Å². The number of para-hydroxylation sites is 1. The molecule has 198 valence electrons. The summed E-state index contributed by atoms with van der Waals surface area (Å²) in [5.41, 5.74) is 1.19. The van der Waals surface area contributed by atoms with E-state index in [4.69, 9.17) is 4.52 Å². The number of aromatic nitrogens is 4. The second-order valence-corrected chi connectivity index (χ2v) is 11.2. The number of aliphatic hydroxyl groups is 1. The van der Waals surface area contributed by atoms with E-state index < -0.39 is 6.61 Å². The number of fused-ring (bicyclic) bond motifs is 3. The second-order valence-electron chi connectivity index (χ2n) is 11.2. The molecule has 1 aliphatic carbocycles. The summed E-state index contributed by atoms with van der Waals surface area (Å²) >= 11 is 0. The third-order valence-corrected chi connectivity index (χ3v) is 8.66. The normalized spacial score (nSPS) is 25.3. The van der Waals surface area contributed by atoms with Crippen molar-refractivity contribution in [2.45, 2.75) is 63.8 Å². The zero-order valence-corrected chi connectivity index (χ0v) is 21.5. The largest absolute Gasteiger partial charge is 0.387 e. The molecule has 1 unspecified atom stereocenters. The van der Waals surface area contributed by atoms with Gasteiger partial charge < -0.3 is 14.5 Å². The highest BCUT2D eigenvalue weighted by Crippen LogP contribution is 2.40. The SMILES string of the molecule is CC(C)c1nn(-c2noc(C3CCN(C4[C@@H]5CCC[C@H]4CN(C(=O)CO)C5)CC3)n2)c2c(F)cccc12. The fourth-order valence-electron chi connectivity index (χ4n) is 6.95. The molecule has 1 saturated carbocycles. The van der Waals surface area contributed by atoms with Crippen LogP contribution in [-0.2, 0) is 4.79 Å². The third-order valence-electron chi connectivity index (χ3n) is 8.66. The van der Waals surface area contributed by atoms with E-state index in [1.165, 1.54) is 17.2 Å². The Balaban J connectivity index is 1.17. The summed E-state index contributed by atoms with van der Waals surface area (Å²) in [6.07, 6.45) is 5.33. The van der Waals surface area contributed by atoms with Crippen molar-refractivity contribution in [3.63, 3.8) is 0 Å². The zero-order valence-electron chi connectivity index (χ0n) is 21.5. The van der Waals surface area contributed by atoms with Gasteiger partial charge in [0.25, 0.3) is 5.95 Å². The Bertz CT molecular complexity index is 1270. The number of benzene rings is 1. The lowest BCUT2D eigenvalue weighted by Crippen LogP contribution is -2.60. The second kappa shape index (κ2) is 9.79. The molecule has 1 amide bonds. The smallest absolute Gasteiger partial charge is 0.291 e. The van der Waals surface area contributed by atoms with Crippen molar-refractivity contribution in [3.05, 3.63) is 35.6 Å². The minimum atomic E-state index is -0.401. The number of amides is 1. The molecular weight excluding hydrogens is 475 g/mol. The van der Waals surface area contributed by atoms with Crippen LogP contribution in [-0.4, -0.2) is 79.6 Å². The minimum Gasteiger partial charge on any atom is -0.387 e. The topological polar surface area (TPSA) is 101 Å². The first-order valence-corrected chi connectivity index (χ1v) is 13.6. The van der Waals surface area contributed by atoms with Crippen molar-refractivity contribution < 1.29 is 18.8 Å². The van der Waals surface area contributed by atoms with Crippen molar-refractivity contribution in [3.8, 4) is 5.95 Å². The molecule has 2 saturated heterocycles. The van der Waals surface area contributed by atoms with Gasteiger partial charge in [0.05, 0.1) is 5.69 Å². The van der Waals surface area contributed by atoms with Crippen molar-refractivity contribution >= 4 is 16.8 Å². The number of halogens is 1. The van der Waals surface area contributed by atoms with Crippen LogP contribution in [0.4, 0.5) is 4.39 Å². The maximum absolute atomic E-state index is 14.8. The Morgan fingerprint density at radius 3 is 2.57 bits per heavy atom. The first-order valence-electron chi connectivity index (χ1n) is 13.6. The first kappa shape index (κ1) is 24.5. The standard InChI is InChI=1S/C27H35FN6O3/c1-16(2)23-20-7-4-8-21(28)25(20)34(30-23)27-29-26(37-31-27)17-9-11-32(12-10-17)24-18-5-3-6-19(24)14-33(13-18)22(36)15-35/h4,7-8,16-19,24,35H,3,5-6,9-15H2,1-2H3/t18-,19+,24?. The number of hydrogen-bond donors (Lipinski definition) is 1. The fraction of sp³-hybridized carbons (Fsp3) is 0.630. The van der Waals surface area contributed by atoms with E-state index in [1.807, 2.05) is 24.8 Å². The highest BCUT2D eigenvalue weighted by atomic mass is 19.1. The quantitative estimate of drug-likeness (QED) is 0.561. The summed E-state index contributed by atoms with van der Waals surface area (Å²) in [7, 11) is 0. The molecule has 2 aliphatic heterocycles. The van der Waals surface area contributed by atoms with Gasteiger partial charge in [0, 0.05) is 30.4 Å². The lowest BCUT2D eigenvalue weighted by atomic mass is 9.72. The first-order chi connectivity index (χ1) is 17.9. The Hall–Kier alpha value is -2.85. The number of aliphatic hydroxyl groups excluding tert-OH is 1. The van der Waals surface area contributed by atoms with Crippen LogP contribution in [0.25, 0.3) is 16.9 Å². The van der Waals surface area contributed by atoms with Crippen molar-refractivity contribution in [1.82, 2.24) is 29.7 Å². The average molecular weight is 511 g/mol. The molecular formula is C27H35FN6O3. The van der Waals surface area contributed by atoms with Crippen LogP contribution in [0.15, 0.2) is 22.7 Å². The molecule has 0 radical (unpaired) electrons. The van der Waals surface area contributed by atoms with E-state index in [0.717, 1.165) is 62.9 Å². The van der Waals surface area contributed by atoms with Gasteiger partial charge in [-0.2, -0.15) is 14.8 Å². The third kappa shape index (κ3) is 4.33. The molecule has 3 fully saturated rings. The average Bonchev–Trinajstić information content (AvgIpc) is 3.54. The molecule has 3 aromatic rings. The molecule has 1 aromatic carbocycles. The number of rotatable bonds is 5. The van der Waals surface area contributed by atoms with E-state index in [9.17, 15) is 14.3 Å². The Morgan fingerprint density at radius 2 is 1.89 bits per heavy atom. The Kier molecular flexibility index (Phi) is 6.48. The lowest BCUT2D eigenvalue weighted by molar-refractivity contribution is -0.141. The molecule has 2 aromatic heterocycles. The van der Waals surface area contributed by atoms with Crippen molar-refractivity contribution in [2.24, 2.45) is 11.8 Å². The van der Waals surface area contributed by atoms with E-state index in [2.05, 4.69) is 20.1 Å². The molecule has 37 heavy (non-hydrogen) atoms. The van der Waals surface area contributed by atoms with E-state index in [-0.39, 0.29) is 29.5 Å². The van der Waals surface area contributed by atoms with Crippen molar-refractivity contribution in [2.75, 3.05) is 32.8 Å². The minimum absolute atomic E-state index is 0.134. The van der Waals surface area contributed by atoms with E-state index in [1.54, 1.807) is 6.07 Å². The van der Waals surface area contributed by atoms with Gasteiger partial charge in [-0.3, -0.25) is 9.69 Å². The molecule has 3 aliphatic rings. The van der Waals surface area contributed by atoms with Crippen LogP contribution in [0, 0.1) is 17.7 Å². The predicted octanol–water partition coefficient (Wildman–Crippen LogP) is 3.47. The number of carbonyl (C=O) groups excluding carboxylic acids is 1.